The van der Waals surface area contributed by atoms with E-state index in [1.54, 1.807) is 0 Å². The molecule has 6 heteroatoms. The van der Waals surface area contributed by atoms with Crippen LogP contribution in [0, 0.1) is 5.92 Å². The number of amides is 1. The normalized spacial score (nSPS) is 18.0. The van der Waals surface area contributed by atoms with Crippen molar-refractivity contribution in [3.05, 3.63) is 30.3 Å². The van der Waals surface area contributed by atoms with Gasteiger partial charge >= 0.3 is 5.97 Å². The Hall–Kier alpha value is -2.37. The van der Waals surface area contributed by atoms with E-state index in [1.165, 1.54) is 12.0 Å². The van der Waals surface area contributed by atoms with Crippen LogP contribution in [0.5, 0.6) is 5.75 Å². The quantitative estimate of drug-likeness (QED) is 0.600. The summed E-state index contributed by atoms with van der Waals surface area (Å²) in [5, 5.41) is 0. The van der Waals surface area contributed by atoms with Crippen LogP contribution in [0.4, 0.5) is 0 Å². The van der Waals surface area contributed by atoms with Crippen molar-refractivity contribution in [2.45, 2.75) is 12.8 Å². The smallest absolute Gasteiger partial charge is 0.316 e. The molecule has 0 saturated carbocycles. The van der Waals surface area contributed by atoms with Crippen molar-refractivity contribution in [1.29, 1.82) is 0 Å². The van der Waals surface area contributed by atoms with Crippen LogP contribution in [0.2, 0.25) is 0 Å². The van der Waals surface area contributed by atoms with Gasteiger partial charge in [0.25, 0.3) is 0 Å². The van der Waals surface area contributed by atoms with E-state index in [0.29, 0.717) is 18.7 Å². The summed E-state index contributed by atoms with van der Waals surface area (Å²) in [5.41, 5.74) is 0. The van der Waals surface area contributed by atoms with Gasteiger partial charge in [0.1, 0.15) is 11.7 Å². The van der Waals surface area contributed by atoms with E-state index in [2.05, 4.69) is 4.74 Å². The Morgan fingerprint density at radius 1 is 1.27 bits per heavy atom. The third kappa shape index (κ3) is 4.07. The fraction of sp³-hybridized carbons (Fsp3) is 0.438. The molecule has 0 aliphatic carbocycles. The molecule has 1 saturated heterocycles. The van der Waals surface area contributed by atoms with Gasteiger partial charge in [-0.15, -0.1) is 0 Å². The van der Waals surface area contributed by atoms with Crippen LogP contribution in [0.25, 0.3) is 0 Å². The number of ketones is 1. The first kappa shape index (κ1) is 16.0. The first-order valence-electron chi connectivity index (χ1n) is 7.18. The summed E-state index contributed by atoms with van der Waals surface area (Å²) >= 11 is 0. The van der Waals surface area contributed by atoms with Crippen molar-refractivity contribution in [1.82, 2.24) is 4.90 Å². The molecular formula is C16H19NO5. The fourth-order valence-corrected chi connectivity index (χ4v) is 2.36. The highest BCUT2D eigenvalue weighted by Gasteiger charge is 2.34. The first-order valence-corrected chi connectivity index (χ1v) is 7.18. The summed E-state index contributed by atoms with van der Waals surface area (Å²) in [4.78, 5) is 36.8. The molecular weight excluding hydrogens is 286 g/mol. The molecule has 0 spiro atoms. The molecule has 0 aromatic heterocycles. The van der Waals surface area contributed by atoms with Gasteiger partial charge in [0.05, 0.1) is 26.7 Å². The van der Waals surface area contributed by atoms with E-state index in [4.69, 9.17) is 4.74 Å². The molecule has 1 unspecified atom stereocenters. The molecule has 1 atom stereocenters. The minimum atomic E-state index is -0.741. The molecule has 1 heterocycles. The minimum Gasteiger partial charge on any atom is -0.493 e. The Balaban J connectivity index is 1.77. The zero-order valence-electron chi connectivity index (χ0n) is 12.5. The van der Waals surface area contributed by atoms with Crippen molar-refractivity contribution in [2.75, 3.05) is 26.8 Å². The second-order valence-corrected chi connectivity index (χ2v) is 5.06. The van der Waals surface area contributed by atoms with Crippen molar-refractivity contribution in [2.24, 2.45) is 5.92 Å². The maximum Gasteiger partial charge on any atom is 0.316 e. The minimum absolute atomic E-state index is 0.0378. The third-order valence-electron chi connectivity index (χ3n) is 3.59. The zero-order valence-corrected chi connectivity index (χ0v) is 12.5. The summed E-state index contributed by atoms with van der Waals surface area (Å²) in [6, 6.07) is 9.22. The van der Waals surface area contributed by atoms with Crippen LogP contribution in [0.3, 0.4) is 0 Å². The van der Waals surface area contributed by atoms with Crippen LogP contribution < -0.4 is 4.74 Å². The molecule has 0 radical (unpaired) electrons. The molecule has 1 aliphatic heterocycles. The second kappa shape index (κ2) is 7.59. The number of carbonyl (C=O) groups excluding carboxylic acids is 3. The number of rotatable bonds is 5. The Labute approximate surface area is 129 Å². The Bertz CT molecular complexity index is 543. The van der Waals surface area contributed by atoms with Gasteiger partial charge < -0.3 is 14.4 Å². The molecule has 2 rings (SSSR count). The van der Waals surface area contributed by atoms with E-state index in [1.807, 2.05) is 30.3 Å². The molecule has 1 aromatic carbocycles. The predicted molar refractivity (Wildman–Crippen MR) is 78.3 cm³/mol. The van der Waals surface area contributed by atoms with Crippen molar-refractivity contribution >= 4 is 17.7 Å². The van der Waals surface area contributed by atoms with Gasteiger partial charge in [0.2, 0.25) is 5.91 Å². The van der Waals surface area contributed by atoms with E-state index < -0.39 is 11.9 Å². The summed E-state index contributed by atoms with van der Waals surface area (Å²) in [7, 11) is 1.26. The maximum atomic E-state index is 12.1. The number of benzene rings is 1. The molecule has 1 aromatic rings. The Morgan fingerprint density at radius 2 is 2.00 bits per heavy atom. The number of hydrogen-bond acceptors (Lipinski definition) is 5. The number of methoxy groups -OCH3 is 1. The topological polar surface area (TPSA) is 72.9 Å². The standard InChI is InChI=1S/C16H19NO5/c1-21-16(20)13-7-9-17(11-14(13)18)15(19)8-10-22-12-5-3-2-4-6-12/h2-6,13H,7-11H2,1H3. The largest absolute Gasteiger partial charge is 0.493 e. The van der Waals surface area contributed by atoms with E-state index in [0.717, 1.165) is 0 Å². The number of ether oxygens (including phenoxy) is 2. The number of para-hydroxylation sites is 1. The van der Waals surface area contributed by atoms with Crippen LogP contribution >= 0.6 is 0 Å². The number of Topliss-reactive ketones (excluding diaryl/α,β-unsaturated/α-hetero) is 1. The lowest BCUT2D eigenvalue weighted by Gasteiger charge is -2.29. The van der Waals surface area contributed by atoms with Crippen LogP contribution in [0.1, 0.15) is 12.8 Å². The number of piperidine rings is 1. The fourth-order valence-electron chi connectivity index (χ4n) is 2.36. The van der Waals surface area contributed by atoms with Gasteiger partial charge in [0.15, 0.2) is 5.78 Å². The number of nitrogens with zero attached hydrogens (tertiary/aromatic N) is 1. The number of esters is 1. The van der Waals surface area contributed by atoms with Crippen molar-refractivity contribution in [3.63, 3.8) is 0 Å². The zero-order chi connectivity index (χ0) is 15.9. The number of hydrogen-bond donors (Lipinski definition) is 0. The molecule has 118 valence electrons. The number of likely N-dealkylation sites (tertiary alicyclic amines) is 1. The third-order valence-corrected chi connectivity index (χ3v) is 3.59. The molecule has 1 aliphatic rings. The van der Waals surface area contributed by atoms with Crippen LogP contribution in [-0.4, -0.2) is 49.4 Å². The van der Waals surface area contributed by atoms with Gasteiger partial charge in [-0.05, 0) is 18.6 Å². The van der Waals surface area contributed by atoms with Gasteiger partial charge in [-0.1, -0.05) is 18.2 Å². The van der Waals surface area contributed by atoms with Gasteiger partial charge in [-0.25, -0.2) is 0 Å². The lowest BCUT2D eigenvalue weighted by atomic mass is 9.95. The highest BCUT2D eigenvalue weighted by Crippen LogP contribution is 2.16. The lowest BCUT2D eigenvalue weighted by Crippen LogP contribution is -2.46. The first-order chi connectivity index (χ1) is 10.6. The number of carbonyl (C=O) groups is 3. The molecule has 1 amide bonds. The Kier molecular flexibility index (Phi) is 5.52. The molecule has 22 heavy (non-hydrogen) atoms. The molecule has 0 bridgehead atoms. The summed E-state index contributed by atoms with van der Waals surface area (Å²) in [5.74, 6) is -0.974. The molecule has 1 fully saturated rings. The van der Waals surface area contributed by atoms with E-state index >= 15 is 0 Å². The van der Waals surface area contributed by atoms with Crippen molar-refractivity contribution in [3.8, 4) is 5.75 Å². The lowest BCUT2D eigenvalue weighted by molar-refractivity contribution is -0.154. The average molecular weight is 305 g/mol. The van der Waals surface area contributed by atoms with Crippen LogP contribution in [-0.2, 0) is 19.1 Å². The second-order valence-electron chi connectivity index (χ2n) is 5.06. The highest BCUT2D eigenvalue weighted by atomic mass is 16.5. The maximum absolute atomic E-state index is 12.1. The summed E-state index contributed by atoms with van der Waals surface area (Å²) in [6.45, 7) is 0.605. The molecule has 0 N–H and O–H groups in total. The summed E-state index contributed by atoms with van der Waals surface area (Å²) in [6.07, 6.45) is 0.516. The van der Waals surface area contributed by atoms with Gasteiger partial charge in [0, 0.05) is 6.54 Å². The monoisotopic (exact) mass is 305 g/mol. The predicted octanol–water partition coefficient (Wildman–Crippen LogP) is 1.05. The summed E-state index contributed by atoms with van der Waals surface area (Å²) < 4.78 is 10.1. The van der Waals surface area contributed by atoms with Gasteiger partial charge in [-0.3, -0.25) is 14.4 Å². The molecule has 6 nitrogen and oxygen atoms in total. The average Bonchev–Trinajstić information content (AvgIpc) is 2.55. The van der Waals surface area contributed by atoms with E-state index in [9.17, 15) is 14.4 Å². The van der Waals surface area contributed by atoms with Crippen LogP contribution in [0.15, 0.2) is 30.3 Å². The highest BCUT2D eigenvalue weighted by molar-refractivity contribution is 6.01. The van der Waals surface area contributed by atoms with Gasteiger partial charge in [-0.2, -0.15) is 0 Å². The van der Waals surface area contributed by atoms with E-state index in [-0.39, 0.29) is 31.3 Å². The Morgan fingerprint density at radius 3 is 2.64 bits per heavy atom. The van der Waals surface area contributed by atoms with Crippen molar-refractivity contribution < 1.29 is 23.9 Å². The SMILES string of the molecule is COC(=O)C1CCN(C(=O)CCOc2ccccc2)CC1=O.